The van der Waals surface area contributed by atoms with E-state index in [1.165, 1.54) is 16.1 Å². The van der Waals surface area contributed by atoms with E-state index in [9.17, 15) is 0 Å². The highest BCUT2D eigenvalue weighted by Gasteiger charge is 2.20. The first-order valence-electron chi connectivity index (χ1n) is 8.66. The molecule has 0 amide bonds. The first kappa shape index (κ1) is 21.5. The summed E-state index contributed by atoms with van der Waals surface area (Å²) in [6, 6.07) is 11.2. The fraction of sp³-hybridized carbons (Fsp3) is 0.421. The van der Waals surface area contributed by atoms with Gasteiger partial charge in [-0.2, -0.15) is 0 Å². The van der Waals surface area contributed by atoms with Gasteiger partial charge in [-0.25, -0.2) is 0 Å². The highest BCUT2D eigenvalue weighted by atomic mass is 127. The normalized spacial score (nSPS) is 15.5. The van der Waals surface area contributed by atoms with Gasteiger partial charge in [0.1, 0.15) is 0 Å². The lowest BCUT2D eigenvalue weighted by atomic mass is 10.1. The van der Waals surface area contributed by atoms with E-state index in [1.54, 1.807) is 0 Å². The number of aliphatic imine (C=N–C) groups is 1. The number of hydrogen-bond donors (Lipinski definition) is 2. The SMILES string of the molecule is CN=C(NCc1ccc(Br)cc1C)NC1CCN(c2cccs2)CC1.I. The van der Waals surface area contributed by atoms with Crippen LogP contribution in [0.1, 0.15) is 24.0 Å². The molecule has 2 aromatic rings. The largest absolute Gasteiger partial charge is 0.363 e. The van der Waals surface area contributed by atoms with E-state index in [0.29, 0.717) is 6.04 Å². The lowest BCUT2D eigenvalue weighted by molar-refractivity contribution is 0.462. The number of aryl methyl sites for hydroxylation is 1. The second-order valence-electron chi connectivity index (χ2n) is 6.35. The van der Waals surface area contributed by atoms with E-state index >= 15 is 0 Å². The van der Waals surface area contributed by atoms with Gasteiger partial charge in [0.25, 0.3) is 0 Å². The van der Waals surface area contributed by atoms with Crippen molar-refractivity contribution in [2.24, 2.45) is 4.99 Å². The van der Waals surface area contributed by atoms with Gasteiger partial charge in [-0.15, -0.1) is 35.3 Å². The minimum absolute atomic E-state index is 0. The van der Waals surface area contributed by atoms with Crippen LogP contribution in [-0.2, 0) is 6.54 Å². The van der Waals surface area contributed by atoms with Gasteiger partial charge < -0.3 is 15.5 Å². The number of piperidine rings is 1. The third-order valence-corrected chi connectivity index (χ3v) is 6.05. The van der Waals surface area contributed by atoms with Gasteiger partial charge in [0.05, 0.1) is 5.00 Å². The topological polar surface area (TPSA) is 39.7 Å². The number of anilines is 1. The molecule has 3 rings (SSSR count). The number of thiophene rings is 1. The van der Waals surface area contributed by atoms with E-state index in [-0.39, 0.29) is 24.0 Å². The van der Waals surface area contributed by atoms with Crippen LogP contribution in [0.15, 0.2) is 45.2 Å². The third-order valence-electron chi connectivity index (χ3n) is 4.63. The van der Waals surface area contributed by atoms with Crippen LogP contribution in [0, 0.1) is 6.92 Å². The fourth-order valence-corrected chi connectivity index (χ4v) is 4.38. The molecule has 0 unspecified atom stereocenters. The first-order valence-corrected chi connectivity index (χ1v) is 10.3. The van der Waals surface area contributed by atoms with Crippen LogP contribution >= 0.6 is 51.2 Å². The Bertz CT molecular complexity index is 712. The van der Waals surface area contributed by atoms with Crippen molar-refractivity contribution in [2.75, 3.05) is 25.0 Å². The van der Waals surface area contributed by atoms with E-state index in [2.05, 4.69) is 79.1 Å². The van der Waals surface area contributed by atoms with Crippen molar-refractivity contribution in [1.82, 2.24) is 10.6 Å². The maximum Gasteiger partial charge on any atom is 0.191 e. The second-order valence-corrected chi connectivity index (χ2v) is 8.20. The van der Waals surface area contributed by atoms with Crippen LogP contribution in [0.4, 0.5) is 5.00 Å². The molecule has 0 atom stereocenters. The van der Waals surface area contributed by atoms with Crippen LogP contribution in [0.25, 0.3) is 0 Å². The number of rotatable bonds is 4. The monoisotopic (exact) mass is 548 g/mol. The average molecular weight is 549 g/mol. The first-order chi connectivity index (χ1) is 12.2. The number of halogens is 2. The summed E-state index contributed by atoms with van der Waals surface area (Å²) in [5, 5.41) is 10.6. The fourth-order valence-electron chi connectivity index (χ4n) is 3.12. The number of hydrogen-bond acceptors (Lipinski definition) is 3. The molecule has 0 aliphatic carbocycles. The molecule has 1 saturated heterocycles. The minimum atomic E-state index is 0. The number of guanidine groups is 1. The summed E-state index contributed by atoms with van der Waals surface area (Å²) < 4.78 is 1.12. The maximum absolute atomic E-state index is 4.39. The zero-order chi connectivity index (χ0) is 17.6. The minimum Gasteiger partial charge on any atom is -0.363 e. The lowest BCUT2D eigenvalue weighted by Crippen LogP contribution is -2.48. The molecular formula is C19H26BrIN4S. The Kier molecular flexibility index (Phi) is 8.69. The van der Waals surface area contributed by atoms with Gasteiger partial charge in [-0.05, 0) is 60.5 Å². The smallest absolute Gasteiger partial charge is 0.191 e. The predicted octanol–water partition coefficient (Wildman–Crippen LogP) is 4.77. The predicted molar refractivity (Wildman–Crippen MR) is 127 cm³/mol. The molecule has 0 bridgehead atoms. The Morgan fingerprint density at radius 3 is 2.69 bits per heavy atom. The van der Waals surface area contributed by atoms with Crippen LogP contribution < -0.4 is 15.5 Å². The van der Waals surface area contributed by atoms with Crippen molar-refractivity contribution >= 4 is 62.2 Å². The molecular weight excluding hydrogens is 523 g/mol. The summed E-state index contributed by atoms with van der Waals surface area (Å²) in [5.74, 6) is 0.886. The molecule has 142 valence electrons. The van der Waals surface area contributed by atoms with Gasteiger partial charge in [-0.1, -0.05) is 22.0 Å². The van der Waals surface area contributed by atoms with E-state index in [0.717, 1.165) is 42.9 Å². The van der Waals surface area contributed by atoms with Crippen molar-refractivity contribution in [2.45, 2.75) is 32.4 Å². The molecule has 0 spiro atoms. The molecule has 1 aliphatic rings. The van der Waals surface area contributed by atoms with Gasteiger partial charge in [0.2, 0.25) is 0 Å². The quantitative estimate of drug-likeness (QED) is 0.328. The number of nitrogens with zero attached hydrogens (tertiary/aromatic N) is 2. The van der Waals surface area contributed by atoms with E-state index < -0.39 is 0 Å². The molecule has 1 fully saturated rings. The summed E-state index contributed by atoms with van der Waals surface area (Å²) in [5.41, 5.74) is 2.57. The second kappa shape index (κ2) is 10.5. The Morgan fingerprint density at radius 2 is 2.08 bits per heavy atom. The summed E-state index contributed by atoms with van der Waals surface area (Å²) in [4.78, 5) is 6.86. The zero-order valence-electron chi connectivity index (χ0n) is 15.2. The standard InChI is InChI=1S/C19H25BrN4S.HI/c1-14-12-16(20)6-5-15(14)13-22-19(21-2)23-17-7-9-24(10-8-17)18-4-3-11-25-18;/h3-6,11-12,17H,7-10,13H2,1-2H3,(H2,21,22,23);1H. The molecule has 4 nitrogen and oxygen atoms in total. The van der Waals surface area contributed by atoms with Gasteiger partial charge >= 0.3 is 0 Å². The van der Waals surface area contributed by atoms with Crippen LogP contribution in [0.2, 0.25) is 0 Å². The summed E-state index contributed by atoms with van der Waals surface area (Å²) >= 11 is 5.34. The zero-order valence-corrected chi connectivity index (χ0v) is 19.9. The molecule has 0 saturated carbocycles. The van der Waals surface area contributed by atoms with Gasteiger partial charge in [0, 0.05) is 37.2 Å². The highest BCUT2D eigenvalue weighted by Crippen LogP contribution is 2.24. The van der Waals surface area contributed by atoms with Gasteiger partial charge in [0.15, 0.2) is 5.96 Å². The van der Waals surface area contributed by atoms with Crippen LogP contribution in [0.3, 0.4) is 0 Å². The molecule has 7 heteroatoms. The van der Waals surface area contributed by atoms with Crippen molar-refractivity contribution in [3.8, 4) is 0 Å². The molecule has 1 aromatic heterocycles. The van der Waals surface area contributed by atoms with Crippen molar-refractivity contribution in [3.63, 3.8) is 0 Å². The van der Waals surface area contributed by atoms with Crippen LogP contribution in [0.5, 0.6) is 0 Å². The Morgan fingerprint density at radius 1 is 1.31 bits per heavy atom. The summed E-state index contributed by atoms with van der Waals surface area (Å²) in [6.07, 6.45) is 2.27. The number of benzene rings is 1. The Hall–Kier alpha value is -0.800. The Balaban J connectivity index is 0.00000243. The maximum atomic E-state index is 4.39. The molecule has 1 aliphatic heterocycles. The summed E-state index contributed by atoms with van der Waals surface area (Å²) in [6.45, 7) is 5.12. The van der Waals surface area contributed by atoms with E-state index in [4.69, 9.17) is 0 Å². The molecule has 1 aromatic carbocycles. The third kappa shape index (κ3) is 5.85. The Labute approximate surface area is 185 Å². The average Bonchev–Trinajstić information content (AvgIpc) is 3.15. The molecule has 2 N–H and O–H groups in total. The molecule has 26 heavy (non-hydrogen) atoms. The van der Waals surface area contributed by atoms with Crippen molar-refractivity contribution < 1.29 is 0 Å². The van der Waals surface area contributed by atoms with Crippen molar-refractivity contribution in [1.29, 1.82) is 0 Å². The molecule has 0 radical (unpaired) electrons. The van der Waals surface area contributed by atoms with Crippen LogP contribution in [-0.4, -0.2) is 32.1 Å². The van der Waals surface area contributed by atoms with Gasteiger partial charge in [-0.3, -0.25) is 4.99 Å². The number of nitrogens with one attached hydrogen (secondary N) is 2. The van der Waals surface area contributed by atoms with E-state index in [1.807, 2.05) is 18.4 Å². The lowest BCUT2D eigenvalue weighted by Gasteiger charge is -2.33. The highest BCUT2D eigenvalue weighted by molar-refractivity contribution is 14.0. The molecule has 2 heterocycles. The summed E-state index contributed by atoms with van der Waals surface area (Å²) in [7, 11) is 1.84. The van der Waals surface area contributed by atoms with Crippen molar-refractivity contribution in [3.05, 3.63) is 51.3 Å².